The summed E-state index contributed by atoms with van der Waals surface area (Å²) in [5.74, 6) is 0. The lowest BCUT2D eigenvalue weighted by Gasteiger charge is -2.06. The van der Waals surface area contributed by atoms with Crippen molar-refractivity contribution < 1.29 is 0 Å². The Morgan fingerprint density at radius 2 is 2.27 bits per heavy atom. The van der Waals surface area contributed by atoms with Gasteiger partial charge < -0.3 is 0 Å². The predicted molar refractivity (Wildman–Crippen MR) is 58.7 cm³/mol. The quantitative estimate of drug-likeness (QED) is 0.733. The minimum Gasteiger partial charge on any atom is -0.264 e. The minimum absolute atomic E-state index is 0.263. The van der Waals surface area contributed by atoms with Gasteiger partial charge in [0.2, 0.25) is 5.28 Å². The molecule has 0 aliphatic rings. The lowest BCUT2D eigenvalue weighted by Crippen LogP contribution is -2.01. The fraction of sp³-hybridized carbons (Fsp3) is 0.300. The van der Waals surface area contributed by atoms with E-state index in [1.165, 1.54) is 0 Å². The van der Waals surface area contributed by atoms with Crippen LogP contribution in [0.2, 0.25) is 5.28 Å². The average Bonchev–Trinajstić information content (AvgIpc) is 2.69. The van der Waals surface area contributed by atoms with E-state index < -0.39 is 0 Å². The van der Waals surface area contributed by atoms with E-state index >= 15 is 0 Å². The SMILES string of the molecule is CCn1nccc1-c1nc(Cl)ncc1C. The Morgan fingerprint density at radius 1 is 1.47 bits per heavy atom. The van der Waals surface area contributed by atoms with Crippen LogP contribution in [0.4, 0.5) is 0 Å². The Bertz CT molecular complexity index is 478. The van der Waals surface area contributed by atoms with Gasteiger partial charge in [0.1, 0.15) is 0 Å². The van der Waals surface area contributed by atoms with E-state index in [0.29, 0.717) is 0 Å². The van der Waals surface area contributed by atoms with Crippen LogP contribution in [0.3, 0.4) is 0 Å². The number of hydrogen-bond acceptors (Lipinski definition) is 3. The van der Waals surface area contributed by atoms with Gasteiger partial charge in [-0.05, 0) is 37.1 Å². The van der Waals surface area contributed by atoms with Crippen LogP contribution in [0.5, 0.6) is 0 Å². The summed E-state index contributed by atoms with van der Waals surface area (Å²) < 4.78 is 1.88. The highest BCUT2D eigenvalue weighted by molar-refractivity contribution is 6.28. The first-order valence-electron chi connectivity index (χ1n) is 4.73. The van der Waals surface area contributed by atoms with Crippen molar-refractivity contribution in [3.63, 3.8) is 0 Å². The highest BCUT2D eigenvalue weighted by atomic mass is 35.5. The van der Waals surface area contributed by atoms with Crippen molar-refractivity contribution >= 4 is 11.6 Å². The zero-order valence-corrected chi connectivity index (χ0v) is 9.36. The van der Waals surface area contributed by atoms with Crippen molar-refractivity contribution in [1.29, 1.82) is 0 Å². The number of nitrogens with zero attached hydrogens (tertiary/aromatic N) is 4. The van der Waals surface area contributed by atoms with Crippen LogP contribution >= 0.6 is 11.6 Å². The summed E-state index contributed by atoms with van der Waals surface area (Å²) in [6, 6.07) is 1.93. The Kier molecular flexibility index (Phi) is 2.68. The molecule has 0 saturated heterocycles. The molecule has 2 heterocycles. The first-order chi connectivity index (χ1) is 7.22. The predicted octanol–water partition coefficient (Wildman–Crippen LogP) is 2.32. The fourth-order valence-corrected chi connectivity index (χ4v) is 1.60. The smallest absolute Gasteiger partial charge is 0.222 e. The summed E-state index contributed by atoms with van der Waals surface area (Å²) in [6.07, 6.45) is 3.48. The highest BCUT2D eigenvalue weighted by Gasteiger charge is 2.09. The fourth-order valence-electron chi connectivity index (χ4n) is 1.47. The Labute approximate surface area is 92.9 Å². The molecule has 0 fully saturated rings. The first kappa shape index (κ1) is 10.1. The van der Waals surface area contributed by atoms with E-state index in [9.17, 15) is 0 Å². The van der Waals surface area contributed by atoms with E-state index in [4.69, 9.17) is 11.6 Å². The van der Waals surface area contributed by atoms with Crippen LogP contribution in [0.25, 0.3) is 11.4 Å². The number of aryl methyl sites for hydroxylation is 2. The third kappa shape index (κ3) is 1.85. The molecule has 0 aromatic carbocycles. The van der Waals surface area contributed by atoms with Gasteiger partial charge in [-0.15, -0.1) is 0 Å². The molecule has 2 aromatic heterocycles. The third-order valence-electron chi connectivity index (χ3n) is 2.20. The highest BCUT2D eigenvalue weighted by Crippen LogP contribution is 2.21. The molecule has 0 unspecified atom stereocenters. The van der Waals surface area contributed by atoms with Crippen molar-refractivity contribution in [2.75, 3.05) is 0 Å². The largest absolute Gasteiger partial charge is 0.264 e. The van der Waals surface area contributed by atoms with E-state index in [1.54, 1.807) is 12.4 Å². The molecule has 0 N–H and O–H groups in total. The molecule has 15 heavy (non-hydrogen) atoms. The molecule has 0 bridgehead atoms. The maximum atomic E-state index is 5.78. The van der Waals surface area contributed by atoms with E-state index in [0.717, 1.165) is 23.5 Å². The van der Waals surface area contributed by atoms with Crippen molar-refractivity contribution in [1.82, 2.24) is 19.7 Å². The Hall–Kier alpha value is -1.42. The third-order valence-corrected chi connectivity index (χ3v) is 2.38. The van der Waals surface area contributed by atoms with Gasteiger partial charge in [0.15, 0.2) is 0 Å². The van der Waals surface area contributed by atoms with Gasteiger partial charge in [0.25, 0.3) is 0 Å². The monoisotopic (exact) mass is 222 g/mol. The summed E-state index contributed by atoms with van der Waals surface area (Å²) in [7, 11) is 0. The van der Waals surface area contributed by atoms with E-state index in [1.807, 2.05) is 24.6 Å². The van der Waals surface area contributed by atoms with Gasteiger partial charge in [-0.3, -0.25) is 4.68 Å². The van der Waals surface area contributed by atoms with Gasteiger partial charge in [0, 0.05) is 18.9 Å². The zero-order chi connectivity index (χ0) is 10.8. The second kappa shape index (κ2) is 3.98. The molecule has 78 valence electrons. The van der Waals surface area contributed by atoms with Crippen molar-refractivity contribution in [3.8, 4) is 11.4 Å². The molecule has 0 amide bonds. The maximum Gasteiger partial charge on any atom is 0.222 e. The molecular formula is C10H11ClN4. The average molecular weight is 223 g/mol. The number of aromatic nitrogens is 4. The molecule has 0 aliphatic carbocycles. The molecule has 4 nitrogen and oxygen atoms in total. The standard InChI is InChI=1S/C10H11ClN4/c1-3-15-8(4-5-13-15)9-7(2)6-12-10(11)14-9/h4-6H,3H2,1-2H3. The van der Waals surface area contributed by atoms with Gasteiger partial charge in [-0.25, -0.2) is 9.97 Å². The molecule has 5 heteroatoms. The maximum absolute atomic E-state index is 5.78. The van der Waals surface area contributed by atoms with Gasteiger partial charge in [-0.1, -0.05) is 0 Å². The Morgan fingerprint density at radius 3 is 3.00 bits per heavy atom. The van der Waals surface area contributed by atoms with Gasteiger partial charge in [0.05, 0.1) is 11.4 Å². The second-order valence-corrected chi connectivity index (χ2v) is 3.54. The summed E-state index contributed by atoms with van der Waals surface area (Å²) in [5.41, 5.74) is 2.81. The second-order valence-electron chi connectivity index (χ2n) is 3.20. The number of rotatable bonds is 2. The van der Waals surface area contributed by atoms with E-state index in [-0.39, 0.29) is 5.28 Å². The molecule has 2 aromatic rings. The van der Waals surface area contributed by atoms with Crippen molar-refractivity contribution in [3.05, 3.63) is 29.3 Å². The minimum atomic E-state index is 0.263. The van der Waals surface area contributed by atoms with Crippen LogP contribution in [-0.4, -0.2) is 19.7 Å². The lowest BCUT2D eigenvalue weighted by molar-refractivity contribution is 0.665. The first-order valence-corrected chi connectivity index (χ1v) is 5.11. The van der Waals surface area contributed by atoms with Crippen LogP contribution in [0, 0.1) is 6.92 Å². The topological polar surface area (TPSA) is 43.6 Å². The van der Waals surface area contributed by atoms with Gasteiger partial charge >= 0.3 is 0 Å². The molecule has 0 radical (unpaired) electrons. The van der Waals surface area contributed by atoms with E-state index in [2.05, 4.69) is 15.1 Å². The summed E-state index contributed by atoms with van der Waals surface area (Å²) in [4.78, 5) is 8.15. The van der Waals surface area contributed by atoms with Crippen LogP contribution in [-0.2, 0) is 6.54 Å². The van der Waals surface area contributed by atoms with Crippen LogP contribution < -0.4 is 0 Å². The normalized spacial score (nSPS) is 10.6. The molecule has 0 atom stereocenters. The molecule has 0 aliphatic heterocycles. The summed E-state index contributed by atoms with van der Waals surface area (Å²) in [5, 5.41) is 4.46. The van der Waals surface area contributed by atoms with Crippen LogP contribution in [0.15, 0.2) is 18.5 Å². The van der Waals surface area contributed by atoms with Crippen molar-refractivity contribution in [2.45, 2.75) is 20.4 Å². The number of halogens is 1. The lowest BCUT2D eigenvalue weighted by atomic mass is 10.2. The summed E-state index contributed by atoms with van der Waals surface area (Å²) >= 11 is 5.78. The molecular weight excluding hydrogens is 212 g/mol. The summed E-state index contributed by atoms with van der Waals surface area (Å²) in [6.45, 7) is 4.80. The molecule has 2 rings (SSSR count). The van der Waals surface area contributed by atoms with Crippen LogP contribution in [0.1, 0.15) is 12.5 Å². The van der Waals surface area contributed by atoms with Gasteiger partial charge in [-0.2, -0.15) is 5.10 Å². The molecule has 0 saturated carbocycles. The number of hydrogen-bond donors (Lipinski definition) is 0. The Balaban J connectivity index is 2.58. The zero-order valence-electron chi connectivity index (χ0n) is 8.61. The van der Waals surface area contributed by atoms with Crippen molar-refractivity contribution in [2.24, 2.45) is 0 Å². The molecule has 0 spiro atoms.